The lowest BCUT2D eigenvalue weighted by Gasteiger charge is -2.27. The number of hydrogen-bond acceptors (Lipinski definition) is 5. The third kappa shape index (κ3) is 4.41. The lowest BCUT2D eigenvalue weighted by Crippen LogP contribution is -2.39. The molecule has 0 aliphatic carbocycles. The van der Waals surface area contributed by atoms with E-state index in [2.05, 4.69) is 4.98 Å². The molecule has 1 aliphatic rings. The number of thiophene rings is 1. The predicted molar refractivity (Wildman–Crippen MR) is 133 cm³/mol. The number of aromatic nitrogens is 2. The number of nitrogens with zero attached hydrogens (tertiary/aromatic N) is 2. The summed E-state index contributed by atoms with van der Waals surface area (Å²) in [6.45, 7) is 3.20. The molecule has 1 N–H and O–H groups in total. The van der Waals surface area contributed by atoms with Gasteiger partial charge in [-0.3, -0.25) is 19.1 Å². The van der Waals surface area contributed by atoms with Crippen molar-refractivity contribution in [3.63, 3.8) is 0 Å². The highest BCUT2D eigenvalue weighted by Crippen LogP contribution is 2.32. The second kappa shape index (κ2) is 9.30. The number of amides is 1. The largest absolute Gasteiger partial charge is 0.484 e. The van der Waals surface area contributed by atoms with Gasteiger partial charge in [-0.1, -0.05) is 48.0 Å². The molecule has 2 aromatic heterocycles. The van der Waals surface area contributed by atoms with Gasteiger partial charge < -0.3 is 9.64 Å². The third-order valence-electron chi connectivity index (χ3n) is 6.18. The number of rotatable bonds is 6. The van der Waals surface area contributed by atoms with Gasteiger partial charge in [0.25, 0.3) is 11.5 Å². The van der Waals surface area contributed by atoms with Gasteiger partial charge in [-0.2, -0.15) is 0 Å². The van der Waals surface area contributed by atoms with Crippen LogP contribution in [0.2, 0.25) is 0 Å². The molecule has 1 amide bonds. The Kier molecular flexibility index (Phi) is 6.06. The maximum atomic E-state index is 13.3. The number of carbonyl (C=O) groups excluding carboxylic acids is 1. The molecule has 7 nitrogen and oxygen atoms in total. The van der Waals surface area contributed by atoms with Crippen LogP contribution in [-0.4, -0.2) is 33.5 Å². The Balaban J connectivity index is 1.33. The minimum absolute atomic E-state index is 0.0353. The third-order valence-corrected chi connectivity index (χ3v) is 7.32. The number of H-pyrrole nitrogens is 1. The van der Waals surface area contributed by atoms with E-state index in [1.54, 1.807) is 4.90 Å². The van der Waals surface area contributed by atoms with Gasteiger partial charge in [0.1, 0.15) is 10.6 Å². The molecule has 0 fully saturated rings. The zero-order chi connectivity index (χ0) is 23.7. The van der Waals surface area contributed by atoms with Crippen molar-refractivity contribution >= 4 is 27.5 Å². The molecule has 174 valence electrons. The fourth-order valence-corrected chi connectivity index (χ4v) is 5.53. The summed E-state index contributed by atoms with van der Waals surface area (Å²) in [6, 6.07) is 17.4. The second-order valence-electron chi connectivity index (χ2n) is 8.50. The molecular formula is C26H25N3O4S. The van der Waals surface area contributed by atoms with Crippen molar-refractivity contribution in [2.45, 2.75) is 32.9 Å². The van der Waals surface area contributed by atoms with Gasteiger partial charge in [-0.25, -0.2) is 4.79 Å². The molecule has 3 heterocycles. The first kappa shape index (κ1) is 22.2. The monoisotopic (exact) mass is 475 g/mol. The highest BCUT2D eigenvalue weighted by Gasteiger charge is 2.27. The molecule has 0 unspecified atom stereocenters. The number of ether oxygens (including phenoxy) is 1. The van der Waals surface area contributed by atoms with Crippen molar-refractivity contribution in [2.75, 3.05) is 13.2 Å². The molecule has 0 radical (unpaired) electrons. The van der Waals surface area contributed by atoms with Crippen LogP contribution >= 0.6 is 11.3 Å². The van der Waals surface area contributed by atoms with Gasteiger partial charge in [0.2, 0.25) is 0 Å². The van der Waals surface area contributed by atoms with Gasteiger partial charge >= 0.3 is 5.69 Å². The van der Waals surface area contributed by atoms with Crippen molar-refractivity contribution in [1.82, 2.24) is 14.5 Å². The van der Waals surface area contributed by atoms with Gasteiger partial charge in [-0.15, -0.1) is 11.3 Å². The number of aromatic amines is 1. The summed E-state index contributed by atoms with van der Waals surface area (Å²) >= 11 is 1.38. The van der Waals surface area contributed by atoms with E-state index in [0.29, 0.717) is 48.4 Å². The average Bonchev–Trinajstić information content (AvgIpc) is 3.21. The molecule has 0 bridgehead atoms. The molecule has 34 heavy (non-hydrogen) atoms. The van der Waals surface area contributed by atoms with E-state index in [1.165, 1.54) is 15.9 Å². The first-order valence-corrected chi connectivity index (χ1v) is 12.1. The molecule has 8 heteroatoms. The molecule has 2 aromatic carbocycles. The molecular weight excluding hydrogens is 450 g/mol. The van der Waals surface area contributed by atoms with Crippen molar-refractivity contribution in [1.29, 1.82) is 0 Å². The standard InChI is InChI=1S/C26H25N3O4S/c1-17-7-9-19(10-8-17)33-16-22(30)28-13-12-20-21(15-28)34-24-23(20)25(31)29(26(32)27-24)14-11-18-5-3-2-4-6-18/h2-10H,11-16H2,1H3,(H,27,32). The van der Waals surface area contributed by atoms with Gasteiger partial charge in [-0.05, 0) is 43.0 Å². The number of benzene rings is 2. The Morgan fingerprint density at radius 2 is 1.85 bits per heavy atom. The maximum Gasteiger partial charge on any atom is 0.329 e. The number of aryl methyl sites for hydroxylation is 2. The number of hydrogen-bond donors (Lipinski definition) is 1. The fraction of sp³-hybridized carbons (Fsp3) is 0.269. The van der Waals surface area contributed by atoms with Crippen LogP contribution in [0.4, 0.5) is 0 Å². The van der Waals surface area contributed by atoms with Crippen LogP contribution in [0.25, 0.3) is 10.2 Å². The first-order valence-electron chi connectivity index (χ1n) is 11.3. The Labute approximate surface area is 200 Å². The van der Waals surface area contributed by atoms with Crippen LogP contribution in [0.3, 0.4) is 0 Å². The SMILES string of the molecule is Cc1ccc(OCC(=O)N2CCc3c(sc4[nH]c(=O)n(CCc5ccccc5)c(=O)c34)C2)cc1. The summed E-state index contributed by atoms with van der Waals surface area (Å²) in [5.41, 5.74) is 2.49. The van der Waals surface area contributed by atoms with E-state index >= 15 is 0 Å². The maximum absolute atomic E-state index is 13.3. The van der Waals surface area contributed by atoms with Crippen LogP contribution in [0, 0.1) is 6.92 Å². The van der Waals surface area contributed by atoms with Crippen molar-refractivity contribution in [3.8, 4) is 5.75 Å². The molecule has 0 spiro atoms. The number of carbonyl (C=O) groups is 1. The van der Waals surface area contributed by atoms with Crippen molar-refractivity contribution < 1.29 is 9.53 Å². The number of nitrogens with one attached hydrogen (secondary N) is 1. The quantitative estimate of drug-likeness (QED) is 0.464. The fourth-order valence-electron chi connectivity index (χ4n) is 4.28. The summed E-state index contributed by atoms with van der Waals surface area (Å²) in [6.07, 6.45) is 1.18. The molecule has 0 atom stereocenters. The summed E-state index contributed by atoms with van der Waals surface area (Å²) in [7, 11) is 0. The number of fused-ring (bicyclic) bond motifs is 3. The van der Waals surface area contributed by atoms with Crippen molar-refractivity contribution in [3.05, 3.63) is 97.0 Å². The topological polar surface area (TPSA) is 84.4 Å². The summed E-state index contributed by atoms with van der Waals surface area (Å²) < 4.78 is 6.94. The Morgan fingerprint density at radius 1 is 1.09 bits per heavy atom. The summed E-state index contributed by atoms with van der Waals surface area (Å²) in [4.78, 5) is 44.8. The lowest BCUT2D eigenvalue weighted by atomic mass is 10.1. The van der Waals surface area contributed by atoms with E-state index in [0.717, 1.165) is 21.6 Å². The zero-order valence-corrected chi connectivity index (χ0v) is 19.7. The van der Waals surface area contributed by atoms with Crippen LogP contribution < -0.4 is 16.0 Å². The van der Waals surface area contributed by atoms with Crippen LogP contribution in [-0.2, 0) is 30.7 Å². The van der Waals surface area contributed by atoms with Gasteiger partial charge in [0, 0.05) is 18.0 Å². The van der Waals surface area contributed by atoms with E-state index in [-0.39, 0.29) is 18.1 Å². The highest BCUT2D eigenvalue weighted by atomic mass is 32.1. The minimum atomic E-state index is -0.397. The first-order chi connectivity index (χ1) is 16.5. The second-order valence-corrected chi connectivity index (χ2v) is 9.60. The predicted octanol–water partition coefficient (Wildman–Crippen LogP) is 3.27. The average molecular weight is 476 g/mol. The minimum Gasteiger partial charge on any atom is -0.484 e. The zero-order valence-electron chi connectivity index (χ0n) is 18.9. The molecule has 1 aliphatic heterocycles. The van der Waals surface area contributed by atoms with Gasteiger partial charge in [0.05, 0.1) is 11.9 Å². The van der Waals surface area contributed by atoms with Crippen LogP contribution in [0.5, 0.6) is 5.75 Å². The van der Waals surface area contributed by atoms with E-state index in [1.807, 2.05) is 61.5 Å². The van der Waals surface area contributed by atoms with E-state index in [9.17, 15) is 14.4 Å². The molecule has 4 aromatic rings. The summed E-state index contributed by atoms with van der Waals surface area (Å²) in [5, 5.41) is 0.579. The van der Waals surface area contributed by atoms with Crippen molar-refractivity contribution in [2.24, 2.45) is 0 Å². The molecule has 5 rings (SSSR count). The smallest absolute Gasteiger partial charge is 0.329 e. The Morgan fingerprint density at radius 3 is 2.62 bits per heavy atom. The molecule has 0 saturated heterocycles. The molecule has 0 saturated carbocycles. The van der Waals surface area contributed by atoms with Crippen LogP contribution in [0.15, 0.2) is 64.2 Å². The van der Waals surface area contributed by atoms with E-state index in [4.69, 9.17) is 4.74 Å². The van der Waals surface area contributed by atoms with Gasteiger partial charge in [0.15, 0.2) is 6.61 Å². The summed E-state index contributed by atoms with van der Waals surface area (Å²) in [5.74, 6) is 0.560. The Bertz CT molecular complexity index is 1450. The van der Waals surface area contributed by atoms with E-state index < -0.39 is 5.69 Å². The Hall–Kier alpha value is -3.65. The van der Waals surface area contributed by atoms with Crippen LogP contribution in [0.1, 0.15) is 21.6 Å². The lowest BCUT2D eigenvalue weighted by molar-refractivity contribution is -0.134. The normalized spacial score (nSPS) is 13.1. The highest BCUT2D eigenvalue weighted by molar-refractivity contribution is 7.18.